The molecule has 0 aliphatic heterocycles. The predicted octanol–water partition coefficient (Wildman–Crippen LogP) is 2.50. The average Bonchev–Trinajstić information content (AvgIpc) is 2.14. The Morgan fingerprint density at radius 1 is 1.53 bits per heavy atom. The monoisotopic (exact) mass is 240 g/mol. The first-order chi connectivity index (χ1) is 6.92. The molecule has 0 radical (unpaired) electrons. The predicted molar refractivity (Wildman–Crippen MR) is 47.0 cm³/mol. The maximum Gasteiger partial charge on any atom is 0.405 e. The number of nitrogens with zero attached hydrogens (tertiary/aromatic N) is 3. The minimum Gasteiger partial charge on any atom is -0.359 e. The maximum atomic E-state index is 11.8. The molecule has 0 aliphatic rings. The number of alkyl halides is 3. The fourth-order valence-corrected chi connectivity index (χ4v) is 0.868. The smallest absolute Gasteiger partial charge is 0.359 e. The Bertz CT molecular complexity index is 370. The number of hydrogen-bond acceptors (Lipinski definition) is 5. The Morgan fingerprint density at radius 2 is 2.20 bits per heavy atom. The van der Waals surface area contributed by atoms with E-state index >= 15 is 0 Å². The summed E-state index contributed by atoms with van der Waals surface area (Å²) < 4.78 is 35.5. The van der Waals surface area contributed by atoms with Crippen LogP contribution < -0.4 is 5.32 Å². The van der Waals surface area contributed by atoms with Gasteiger partial charge in [0, 0.05) is 0 Å². The largest absolute Gasteiger partial charge is 0.405 e. The summed E-state index contributed by atoms with van der Waals surface area (Å²) in [7, 11) is 0. The molecule has 82 valence electrons. The van der Waals surface area contributed by atoms with E-state index in [0.29, 0.717) is 0 Å². The molecule has 1 rings (SSSR count). The van der Waals surface area contributed by atoms with Gasteiger partial charge in [-0.25, -0.2) is 4.98 Å². The molecule has 0 spiro atoms. The van der Waals surface area contributed by atoms with Gasteiger partial charge in [0.25, 0.3) is 0 Å². The maximum absolute atomic E-state index is 11.8. The lowest BCUT2D eigenvalue weighted by Crippen LogP contribution is -2.21. The van der Waals surface area contributed by atoms with E-state index in [2.05, 4.69) is 15.1 Å². The van der Waals surface area contributed by atoms with Crippen LogP contribution in [0.15, 0.2) is 11.4 Å². The van der Waals surface area contributed by atoms with Crippen molar-refractivity contribution < 1.29 is 13.2 Å². The lowest BCUT2D eigenvalue weighted by molar-refractivity contribution is -0.115. The second-order valence-corrected chi connectivity index (χ2v) is 2.77. The quantitative estimate of drug-likeness (QED) is 0.651. The third-order valence-electron chi connectivity index (χ3n) is 1.29. The van der Waals surface area contributed by atoms with Crippen LogP contribution in [0.2, 0.25) is 5.28 Å². The molecular formula is C6H4ClF3N4O. The fourth-order valence-electron chi connectivity index (χ4n) is 0.735. The highest BCUT2D eigenvalue weighted by Crippen LogP contribution is 2.24. The van der Waals surface area contributed by atoms with Gasteiger partial charge in [-0.3, -0.25) is 0 Å². The second-order valence-electron chi connectivity index (χ2n) is 2.43. The van der Waals surface area contributed by atoms with E-state index in [1.54, 1.807) is 0 Å². The van der Waals surface area contributed by atoms with Crippen LogP contribution in [0.25, 0.3) is 0 Å². The van der Waals surface area contributed by atoms with Crippen LogP contribution in [0.5, 0.6) is 0 Å². The van der Waals surface area contributed by atoms with Crippen LogP contribution in [0.4, 0.5) is 24.7 Å². The number of halogens is 4. The SMILES string of the molecule is O=Nc1cnc(Cl)nc1NCC(F)(F)F. The molecule has 9 heteroatoms. The van der Waals surface area contributed by atoms with E-state index in [9.17, 15) is 18.1 Å². The van der Waals surface area contributed by atoms with Gasteiger partial charge >= 0.3 is 6.18 Å². The van der Waals surface area contributed by atoms with Crippen molar-refractivity contribution in [3.05, 3.63) is 16.4 Å². The summed E-state index contributed by atoms with van der Waals surface area (Å²) in [6.45, 7) is -1.33. The number of rotatable bonds is 3. The minimum absolute atomic E-state index is 0.271. The Kier molecular flexibility index (Phi) is 3.40. The molecule has 0 unspecified atom stereocenters. The Hall–Kier alpha value is -1.44. The van der Waals surface area contributed by atoms with Crippen LogP contribution in [-0.4, -0.2) is 22.7 Å². The van der Waals surface area contributed by atoms with Crippen LogP contribution >= 0.6 is 11.6 Å². The molecule has 15 heavy (non-hydrogen) atoms. The van der Waals surface area contributed by atoms with Crippen molar-refractivity contribution in [1.82, 2.24) is 9.97 Å². The summed E-state index contributed by atoms with van der Waals surface area (Å²) in [5.41, 5.74) is -0.330. The molecule has 1 heterocycles. The zero-order valence-electron chi connectivity index (χ0n) is 7.05. The van der Waals surface area contributed by atoms with Crippen LogP contribution in [-0.2, 0) is 0 Å². The third kappa shape index (κ3) is 3.66. The van der Waals surface area contributed by atoms with E-state index in [-0.39, 0.29) is 16.8 Å². The number of anilines is 1. The van der Waals surface area contributed by atoms with Crippen molar-refractivity contribution in [2.45, 2.75) is 6.18 Å². The van der Waals surface area contributed by atoms with Crippen LogP contribution in [0, 0.1) is 4.91 Å². The second kappa shape index (κ2) is 4.39. The summed E-state index contributed by atoms with van der Waals surface area (Å²) in [5, 5.41) is 4.07. The molecule has 0 aromatic carbocycles. The number of aromatic nitrogens is 2. The van der Waals surface area contributed by atoms with Gasteiger partial charge in [0.15, 0.2) is 11.5 Å². The number of nitroso groups, excluding NO2 is 1. The molecule has 1 N–H and O–H groups in total. The first kappa shape index (κ1) is 11.6. The lowest BCUT2D eigenvalue weighted by atomic mass is 10.4. The zero-order valence-corrected chi connectivity index (χ0v) is 7.80. The van der Waals surface area contributed by atoms with Crippen molar-refractivity contribution >= 4 is 23.1 Å². The molecule has 0 fully saturated rings. The molecule has 0 saturated heterocycles. The van der Waals surface area contributed by atoms with Gasteiger partial charge in [-0.1, -0.05) is 0 Å². The highest BCUT2D eigenvalue weighted by molar-refractivity contribution is 6.28. The van der Waals surface area contributed by atoms with Gasteiger partial charge in [0.1, 0.15) is 6.54 Å². The number of nitrogens with one attached hydrogen (secondary N) is 1. The van der Waals surface area contributed by atoms with Gasteiger partial charge in [-0.05, 0) is 16.8 Å². The lowest BCUT2D eigenvalue weighted by Gasteiger charge is -2.09. The normalized spacial score (nSPS) is 11.2. The molecule has 1 aromatic rings. The van der Waals surface area contributed by atoms with Crippen molar-refractivity contribution in [3.63, 3.8) is 0 Å². The summed E-state index contributed by atoms with van der Waals surface area (Å²) in [4.78, 5) is 17.0. The minimum atomic E-state index is -4.42. The van der Waals surface area contributed by atoms with E-state index in [0.717, 1.165) is 6.20 Å². The van der Waals surface area contributed by atoms with Crippen molar-refractivity contribution in [3.8, 4) is 0 Å². The Morgan fingerprint density at radius 3 is 2.73 bits per heavy atom. The zero-order chi connectivity index (χ0) is 11.5. The average molecular weight is 241 g/mol. The summed E-state index contributed by atoms with van der Waals surface area (Å²) in [6.07, 6.45) is -3.49. The summed E-state index contributed by atoms with van der Waals surface area (Å²) >= 11 is 5.34. The molecule has 0 amide bonds. The highest BCUT2D eigenvalue weighted by atomic mass is 35.5. The summed E-state index contributed by atoms with van der Waals surface area (Å²) in [6, 6.07) is 0. The topological polar surface area (TPSA) is 67.2 Å². The van der Waals surface area contributed by atoms with Crippen molar-refractivity contribution in [2.24, 2.45) is 5.18 Å². The molecule has 5 nitrogen and oxygen atoms in total. The highest BCUT2D eigenvalue weighted by Gasteiger charge is 2.27. The molecule has 0 atom stereocenters. The fraction of sp³-hybridized carbons (Fsp3) is 0.333. The van der Waals surface area contributed by atoms with Gasteiger partial charge in [0.2, 0.25) is 5.28 Å². The Balaban J connectivity index is 2.83. The third-order valence-corrected chi connectivity index (χ3v) is 1.48. The summed E-state index contributed by atoms with van der Waals surface area (Å²) in [5.74, 6) is -0.345. The first-order valence-corrected chi connectivity index (χ1v) is 3.96. The van der Waals surface area contributed by atoms with E-state index < -0.39 is 12.7 Å². The molecule has 1 aromatic heterocycles. The molecular weight excluding hydrogens is 237 g/mol. The van der Waals surface area contributed by atoms with Crippen molar-refractivity contribution in [2.75, 3.05) is 11.9 Å². The van der Waals surface area contributed by atoms with Gasteiger partial charge in [-0.2, -0.15) is 18.2 Å². The van der Waals surface area contributed by atoms with Gasteiger partial charge < -0.3 is 5.32 Å². The van der Waals surface area contributed by atoms with E-state index in [1.165, 1.54) is 0 Å². The molecule has 0 aliphatic carbocycles. The Labute approximate surface area is 86.6 Å². The molecule has 0 saturated carbocycles. The van der Waals surface area contributed by atoms with E-state index in [4.69, 9.17) is 11.6 Å². The van der Waals surface area contributed by atoms with Crippen molar-refractivity contribution in [1.29, 1.82) is 0 Å². The van der Waals surface area contributed by atoms with E-state index in [1.807, 2.05) is 5.32 Å². The molecule has 0 bridgehead atoms. The van der Waals surface area contributed by atoms with Gasteiger partial charge in [0.05, 0.1) is 6.20 Å². The van der Waals surface area contributed by atoms with Gasteiger partial charge in [-0.15, -0.1) is 4.91 Å². The standard InChI is InChI=1S/C6H4ClF3N4O/c7-5-11-1-3(14-15)4(13-5)12-2-6(8,9)10/h1H,2H2,(H,11,12,13). The van der Waals surface area contributed by atoms with Crippen LogP contribution in [0.1, 0.15) is 0 Å². The van der Waals surface area contributed by atoms with Crippen LogP contribution in [0.3, 0.4) is 0 Å². The number of hydrogen-bond donors (Lipinski definition) is 1. The first-order valence-electron chi connectivity index (χ1n) is 3.59.